The molecule has 6 heteroatoms. The minimum Gasteiger partial charge on any atom is -0.357 e. The molecule has 0 unspecified atom stereocenters. The molecular weight excluding hydrogens is 413 g/mol. The van der Waals surface area contributed by atoms with Gasteiger partial charge in [0, 0.05) is 31.4 Å². The van der Waals surface area contributed by atoms with Crippen molar-refractivity contribution in [3.8, 4) is 0 Å². The molecule has 0 aliphatic carbocycles. The molecule has 2 rings (SSSR count). The summed E-state index contributed by atoms with van der Waals surface area (Å²) in [7, 11) is 1.97. The Morgan fingerprint density at radius 2 is 1.79 bits per heavy atom. The number of rotatable bonds is 5. The molecular formula is C18H28IN5. The molecule has 2 N–H and O–H groups in total. The molecule has 0 aliphatic heterocycles. The number of hydrogen-bond acceptors (Lipinski definition) is 2. The summed E-state index contributed by atoms with van der Waals surface area (Å²) < 4.78 is 1.92. The molecule has 24 heavy (non-hydrogen) atoms. The van der Waals surface area contributed by atoms with Crippen molar-refractivity contribution in [2.75, 3.05) is 6.54 Å². The Balaban J connectivity index is 0.00000288. The molecule has 0 radical (unpaired) electrons. The number of aryl methyl sites for hydroxylation is 3. The van der Waals surface area contributed by atoms with Crippen molar-refractivity contribution in [1.29, 1.82) is 0 Å². The summed E-state index contributed by atoms with van der Waals surface area (Å²) in [6.45, 7) is 10.5. The summed E-state index contributed by atoms with van der Waals surface area (Å²) in [6.07, 6.45) is 0. The van der Waals surface area contributed by atoms with Crippen LogP contribution in [-0.2, 0) is 20.1 Å². The number of aromatic nitrogens is 2. The van der Waals surface area contributed by atoms with Crippen LogP contribution in [0.5, 0.6) is 0 Å². The third-order valence-electron chi connectivity index (χ3n) is 3.98. The van der Waals surface area contributed by atoms with Crippen molar-refractivity contribution in [2.24, 2.45) is 12.0 Å². The fourth-order valence-electron chi connectivity index (χ4n) is 2.45. The lowest BCUT2D eigenvalue weighted by atomic mass is 10.1. The highest BCUT2D eigenvalue weighted by Crippen LogP contribution is 2.11. The van der Waals surface area contributed by atoms with Gasteiger partial charge in [0.1, 0.15) is 0 Å². The monoisotopic (exact) mass is 441 g/mol. The van der Waals surface area contributed by atoms with Crippen LogP contribution in [0.1, 0.15) is 35.0 Å². The maximum absolute atomic E-state index is 4.66. The van der Waals surface area contributed by atoms with Gasteiger partial charge in [-0.05, 0) is 33.3 Å². The second kappa shape index (κ2) is 9.66. The van der Waals surface area contributed by atoms with E-state index in [1.54, 1.807) is 0 Å². The van der Waals surface area contributed by atoms with E-state index in [4.69, 9.17) is 0 Å². The highest BCUT2D eigenvalue weighted by atomic mass is 127. The standard InChI is InChI=1S/C18H27N5.HI/c1-6-19-18(20-11-16-9-7-13(2)8-10-16)21-12-17-14(3)22-23(5)15(17)4;/h7-10H,6,11-12H2,1-5H3,(H2,19,20,21);1H. The normalized spacial score (nSPS) is 11.1. The lowest BCUT2D eigenvalue weighted by Crippen LogP contribution is -2.37. The molecule has 5 nitrogen and oxygen atoms in total. The van der Waals surface area contributed by atoms with Gasteiger partial charge in [0.05, 0.1) is 12.2 Å². The Morgan fingerprint density at radius 1 is 1.12 bits per heavy atom. The van der Waals surface area contributed by atoms with E-state index < -0.39 is 0 Å². The van der Waals surface area contributed by atoms with E-state index in [-0.39, 0.29) is 24.0 Å². The van der Waals surface area contributed by atoms with Crippen molar-refractivity contribution in [2.45, 2.75) is 40.8 Å². The predicted molar refractivity (Wildman–Crippen MR) is 111 cm³/mol. The second-order valence-electron chi connectivity index (χ2n) is 5.81. The van der Waals surface area contributed by atoms with Crippen LogP contribution in [0.2, 0.25) is 0 Å². The Bertz CT molecular complexity index is 673. The SMILES string of the molecule is CCNC(=NCc1ccc(C)cc1)NCc1c(C)nn(C)c1C.I. The van der Waals surface area contributed by atoms with Gasteiger partial charge < -0.3 is 10.6 Å². The van der Waals surface area contributed by atoms with E-state index in [1.807, 2.05) is 18.7 Å². The van der Waals surface area contributed by atoms with E-state index in [0.717, 1.165) is 24.7 Å². The third kappa shape index (κ3) is 5.51. The largest absolute Gasteiger partial charge is 0.357 e. The quantitative estimate of drug-likeness (QED) is 0.426. The fraction of sp³-hybridized carbons (Fsp3) is 0.444. The number of hydrogen-bond donors (Lipinski definition) is 2. The van der Waals surface area contributed by atoms with E-state index in [0.29, 0.717) is 6.54 Å². The molecule has 0 amide bonds. The van der Waals surface area contributed by atoms with Gasteiger partial charge in [-0.2, -0.15) is 5.10 Å². The molecule has 132 valence electrons. The van der Waals surface area contributed by atoms with Gasteiger partial charge in [-0.25, -0.2) is 4.99 Å². The Labute approximate surface area is 162 Å². The topological polar surface area (TPSA) is 54.2 Å². The first-order chi connectivity index (χ1) is 11.0. The maximum atomic E-state index is 4.66. The zero-order valence-corrected chi connectivity index (χ0v) is 17.5. The summed E-state index contributed by atoms with van der Waals surface area (Å²) in [4.78, 5) is 4.66. The highest BCUT2D eigenvalue weighted by Gasteiger charge is 2.09. The average Bonchev–Trinajstić information content (AvgIpc) is 2.77. The van der Waals surface area contributed by atoms with Crippen LogP contribution in [0.4, 0.5) is 0 Å². The van der Waals surface area contributed by atoms with Crippen LogP contribution in [0.3, 0.4) is 0 Å². The first-order valence-corrected chi connectivity index (χ1v) is 8.08. The molecule has 0 saturated carbocycles. The maximum Gasteiger partial charge on any atom is 0.191 e. The zero-order chi connectivity index (χ0) is 16.8. The van der Waals surface area contributed by atoms with Gasteiger partial charge in [0.25, 0.3) is 0 Å². The van der Waals surface area contributed by atoms with E-state index >= 15 is 0 Å². The van der Waals surface area contributed by atoms with Crippen molar-refractivity contribution in [3.05, 3.63) is 52.3 Å². The number of halogens is 1. The summed E-state index contributed by atoms with van der Waals surface area (Å²) in [5.41, 5.74) is 5.96. The first-order valence-electron chi connectivity index (χ1n) is 8.08. The number of guanidine groups is 1. The van der Waals surface area contributed by atoms with Crippen LogP contribution in [0.25, 0.3) is 0 Å². The molecule has 0 saturated heterocycles. The molecule has 1 aromatic carbocycles. The van der Waals surface area contributed by atoms with Crippen LogP contribution < -0.4 is 10.6 Å². The number of benzene rings is 1. The van der Waals surface area contributed by atoms with Crippen molar-refractivity contribution >= 4 is 29.9 Å². The molecule has 1 heterocycles. The average molecular weight is 441 g/mol. The van der Waals surface area contributed by atoms with Gasteiger partial charge in [0.15, 0.2) is 5.96 Å². The summed E-state index contributed by atoms with van der Waals surface area (Å²) in [6, 6.07) is 8.48. The Kier molecular flexibility index (Phi) is 8.24. The lowest BCUT2D eigenvalue weighted by Gasteiger charge is -2.11. The van der Waals surface area contributed by atoms with Crippen molar-refractivity contribution < 1.29 is 0 Å². The minimum absolute atomic E-state index is 0. The highest BCUT2D eigenvalue weighted by molar-refractivity contribution is 14.0. The van der Waals surface area contributed by atoms with E-state index in [2.05, 4.69) is 65.8 Å². The number of nitrogens with zero attached hydrogens (tertiary/aromatic N) is 3. The fourth-order valence-corrected chi connectivity index (χ4v) is 2.45. The number of aliphatic imine (C=N–C) groups is 1. The van der Waals surface area contributed by atoms with Crippen LogP contribution >= 0.6 is 24.0 Å². The molecule has 0 spiro atoms. The van der Waals surface area contributed by atoms with Crippen molar-refractivity contribution in [3.63, 3.8) is 0 Å². The first kappa shape index (κ1) is 20.5. The van der Waals surface area contributed by atoms with Gasteiger partial charge in [0.2, 0.25) is 0 Å². The summed E-state index contributed by atoms with van der Waals surface area (Å²) in [5.74, 6) is 0.829. The second-order valence-corrected chi connectivity index (χ2v) is 5.81. The summed E-state index contributed by atoms with van der Waals surface area (Å²) in [5, 5.41) is 11.1. The van der Waals surface area contributed by atoms with Gasteiger partial charge in [-0.3, -0.25) is 4.68 Å². The van der Waals surface area contributed by atoms with Crippen LogP contribution in [-0.4, -0.2) is 22.3 Å². The number of nitrogens with one attached hydrogen (secondary N) is 2. The van der Waals surface area contributed by atoms with Gasteiger partial charge in [-0.1, -0.05) is 29.8 Å². The molecule has 1 aromatic heterocycles. The smallest absolute Gasteiger partial charge is 0.191 e. The minimum atomic E-state index is 0. The van der Waals surface area contributed by atoms with Gasteiger partial charge in [-0.15, -0.1) is 24.0 Å². The van der Waals surface area contributed by atoms with Crippen molar-refractivity contribution in [1.82, 2.24) is 20.4 Å². The molecule has 0 fully saturated rings. The molecule has 0 atom stereocenters. The predicted octanol–water partition coefficient (Wildman–Crippen LogP) is 3.22. The summed E-state index contributed by atoms with van der Waals surface area (Å²) >= 11 is 0. The lowest BCUT2D eigenvalue weighted by molar-refractivity contribution is 0.728. The Morgan fingerprint density at radius 3 is 2.33 bits per heavy atom. The molecule has 0 aliphatic rings. The van der Waals surface area contributed by atoms with E-state index in [9.17, 15) is 0 Å². The van der Waals surface area contributed by atoms with Crippen LogP contribution in [0.15, 0.2) is 29.3 Å². The van der Waals surface area contributed by atoms with E-state index in [1.165, 1.54) is 22.4 Å². The molecule has 2 aromatic rings. The van der Waals surface area contributed by atoms with Gasteiger partial charge >= 0.3 is 0 Å². The zero-order valence-electron chi connectivity index (χ0n) is 15.2. The van der Waals surface area contributed by atoms with Crippen LogP contribution in [0, 0.1) is 20.8 Å². The molecule has 0 bridgehead atoms. The Hall–Kier alpha value is -1.57. The third-order valence-corrected chi connectivity index (χ3v) is 3.98.